The lowest BCUT2D eigenvalue weighted by Gasteiger charge is -2.29. The van der Waals surface area contributed by atoms with Crippen molar-refractivity contribution >= 4 is 47.2 Å². The van der Waals surface area contributed by atoms with Gasteiger partial charge in [0.25, 0.3) is 0 Å². The van der Waals surface area contributed by atoms with Crippen molar-refractivity contribution < 1.29 is 47.7 Å². The minimum absolute atomic E-state index is 0.0317. The Hall–Kier alpha value is -4.99. The van der Waals surface area contributed by atoms with Crippen molar-refractivity contribution in [2.75, 3.05) is 13.7 Å². The molecule has 0 radical (unpaired) electrons. The maximum Gasteiger partial charge on any atom is 0.347 e. The van der Waals surface area contributed by atoms with Gasteiger partial charge < -0.3 is 45.9 Å². The number of nitrogens with two attached hydrogens (primary N) is 1. The third-order valence-corrected chi connectivity index (χ3v) is 11.1. The van der Waals surface area contributed by atoms with E-state index in [1.807, 2.05) is 58.9 Å². The molecule has 0 aliphatic carbocycles. The van der Waals surface area contributed by atoms with Gasteiger partial charge in [0.15, 0.2) is 6.10 Å². The molecule has 8 atom stereocenters. The zero-order valence-corrected chi connectivity index (χ0v) is 37.3. The monoisotopic (exact) mass is 867 g/mol. The van der Waals surface area contributed by atoms with E-state index in [9.17, 15) is 28.8 Å². The smallest absolute Gasteiger partial charge is 0.347 e. The van der Waals surface area contributed by atoms with Crippen LogP contribution >= 0.6 is 11.6 Å². The van der Waals surface area contributed by atoms with Crippen LogP contribution in [0.25, 0.3) is 0 Å². The van der Waals surface area contributed by atoms with Crippen LogP contribution in [0.2, 0.25) is 5.02 Å². The van der Waals surface area contributed by atoms with Gasteiger partial charge in [-0.15, -0.1) is 0 Å². The van der Waals surface area contributed by atoms with Gasteiger partial charge >= 0.3 is 11.9 Å². The number of amides is 4. The normalized spacial score (nSPS) is 24.3. The number of carbonyl (C=O) groups is 6. The van der Waals surface area contributed by atoms with Crippen LogP contribution in [0, 0.1) is 23.2 Å². The molecular formula is C45H62ClN5O10. The Morgan fingerprint density at radius 3 is 2.26 bits per heavy atom. The number of cyclic esters (lactones) is 2. The second-order valence-corrected chi connectivity index (χ2v) is 17.7. The number of nitrogens with one attached hydrogen (secondary N) is 4. The van der Waals surface area contributed by atoms with Gasteiger partial charge in [-0.1, -0.05) is 82.6 Å². The molecule has 4 rings (SSSR count). The molecule has 6 N–H and O–H groups in total. The van der Waals surface area contributed by atoms with Crippen molar-refractivity contribution in [1.82, 2.24) is 21.3 Å². The van der Waals surface area contributed by atoms with Gasteiger partial charge in [0.2, 0.25) is 23.6 Å². The van der Waals surface area contributed by atoms with E-state index >= 15 is 0 Å². The first-order chi connectivity index (χ1) is 28.7. The van der Waals surface area contributed by atoms with Crippen molar-refractivity contribution in [1.29, 1.82) is 0 Å². The molecule has 2 heterocycles. The molecule has 15 nitrogen and oxygen atoms in total. The van der Waals surface area contributed by atoms with Gasteiger partial charge in [0, 0.05) is 31.8 Å². The summed E-state index contributed by atoms with van der Waals surface area (Å²) in [6.45, 7) is 14.2. The molecule has 2 aliphatic rings. The van der Waals surface area contributed by atoms with Crippen molar-refractivity contribution in [2.45, 2.75) is 124 Å². The van der Waals surface area contributed by atoms with E-state index in [4.69, 9.17) is 36.3 Å². The van der Waals surface area contributed by atoms with Crippen LogP contribution in [0.15, 0.2) is 54.6 Å². The molecule has 0 aromatic heterocycles. The summed E-state index contributed by atoms with van der Waals surface area (Å²) in [5.74, 6) is -3.24. The molecule has 1 fully saturated rings. The molecule has 4 amide bonds. The lowest BCUT2D eigenvalue weighted by molar-refractivity contribution is -0.179. The van der Waals surface area contributed by atoms with Crippen molar-refractivity contribution in [2.24, 2.45) is 28.9 Å². The molecule has 0 bridgehead atoms. The minimum atomic E-state index is -1.25. The van der Waals surface area contributed by atoms with E-state index < -0.39 is 59.5 Å². The molecule has 2 aliphatic heterocycles. The highest BCUT2D eigenvalue weighted by molar-refractivity contribution is 6.32. The Morgan fingerprint density at radius 2 is 1.64 bits per heavy atom. The van der Waals surface area contributed by atoms with E-state index in [-0.39, 0.29) is 74.1 Å². The van der Waals surface area contributed by atoms with Crippen molar-refractivity contribution in [3.05, 3.63) is 76.3 Å². The molecule has 1 saturated heterocycles. The van der Waals surface area contributed by atoms with Crippen LogP contribution in [0.5, 0.6) is 5.75 Å². The lowest BCUT2D eigenvalue weighted by Crippen LogP contribution is -2.51. The number of hydrogen-bond donors (Lipinski definition) is 5. The highest BCUT2D eigenvalue weighted by atomic mass is 35.5. The number of hydrogen-bond acceptors (Lipinski definition) is 11. The lowest BCUT2D eigenvalue weighted by atomic mass is 9.92. The van der Waals surface area contributed by atoms with Gasteiger partial charge in [-0.05, 0) is 73.9 Å². The number of esters is 2. The first-order valence-electron chi connectivity index (χ1n) is 20.8. The SMILES string of the molecule is COc1ccc(C[C@@H]2NC(=O)/C=C/C[C@@H]([C@H](C)[C@H]3O[C@@H]3c3ccc(CNC(=O)[C@H](C)NC(=O)[C@@H](N)C(C)C)cc3)OC(=O)[C@H](CC(C)C)OC(=O)C(C)(C)CNC2=O)cc1Cl. The quantitative estimate of drug-likeness (QED) is 0.134. The minimum Gasteiger partial charge on any atom is -0.495 e. The van der Waals surface area contributed by atoms with E-state index in [0.29, 0.717) is 16.3 Å². The predicted octanol–water partition coefficient (Wildman–Crippen LogP) is 4.23. The Bertz CT molecular complexity index is 1920. The van der Waals surface area contributed by atoms with Crippen LogP contribution < -0.4 is 31.7 Å². The zero-order chi connectivity index (χ0) is 45.2. The van der Waals surface area contributed by atoms with Gasteiger partial charge in [-0.2, -0.15) is 0 Å². The summed E-state index contributed by atoms with van der Waals surface area (Å²) >= 11 is 6.35. The molecule has 2 aromatic carbocycles. The first-order valence-corrected chi connectivity index (χ1v) is 21.1. The average Bonchev–Trinajstić information content (AvgIpc) is 4.01. The van der Waals surface area contributed by atoms with E-state index in [1.54, 1.807) is 45.0 Å². The molecule has 0 spiro atoms. The highest BCUT2D eigenvalue weighted by Gasteiger charge is 2.48. The van der Waals surface area contributed by atoms with Gasteiger partial charge in [0.05, 0.1) is 29.7 Å². The molecular weight excluding hydrogens is 806 g/mol. The number of halogens is 1. The second kappa shape index (κ2) is 21.7. The topological polar surface area (TPSA) is 217 Å². The highest BCUT2D eigenvalue weighted by Crippen LogP contribution is 2.45. The largest absolute Gasteiger partial charge is 0.495 e. The maximum absolute atomic E-state index is 13.8. The summed E-state index contributed by atoms with van der Waals surface area (Å²) in [5.41, 5.74) is 7.02. The summed E-state index contributed by atoms with van der Waals surface area (Å²) in [4.78, 5) is 79.3. The molecule has 16 heteroatoms. The first kappa shape index (κ1) is 48.7. The molecule has 0 saturated carbocycles. The Kier molecular flexibility index (Phi) is 17.3. The number of benzene rings is 2. The van der Waals surface area contributed by atoms with Gasteiger partial charge in [-0.25, -0.2) is 4.79 Å². The fourth-order valence-corrected chi connectivity index (χ4v) is 6.95. The Labute approximate surface area is 363 Å². The summed E-state index contributed by atoms with van der Waals surface area (Å²) in [7, 11) is 1.49. The van der Waals surface area contributed by atoms with Crippen LogP contribution in [-0.4, -0.2) is 85.7 Å². The summed E-state index contributed by atoms with van der Waals surface area (Å²) in [5, 5.41) is 11.4. The van der Waals surface area contributed by atoms with Crippen molar-refractivity contribution in [3.8, 4) is 5.75 Å². The van der Waals surface area contributed by atoms with Crippen LogP contribution in [0.3, 0.4) is 0 Å². The van der Waals surface area contributed by atoms with Crippen LogP contribution in [0.1, 0.15) is 91.0 Å². The number of methoxy groups -OCH3 is 1. The Balaban J connectivity index is 1.49. The average molecular weight is 868 g/mol. The summed E-state index contributed by atoms with van der Waals surface area (Å²) in [6, 6.07) is 10.1. The fraction of sp³-hybridized carbons (Fsp3) is 0.556. The standard InChI is InChI=1S/C45H62ClN5O10/c1-24(2)19-35-43(56)59-33(26(5)38-39(61-38)30-16-13-28(14-17-30)22-48-40(53)27(6)50-42(55)37(47)25(3)4)11-10-12-36(52)51-32(21-29-15-18-34(58-9)31(46)20-29)41(54)49-23-45(7,8)44(57)60-35/h10,12-18,20,24-27,32-33,35,37-39H,11,19,21-23,47H2,1-9H3,(H,48,53)(H,49,54)(H,50,55)(H,51,52)/b12-10+/t26-,27-,32-,33-,35-,37-,38+,39+/m0/s1. The third kappa shape index (κ3) is 14.0. The number of epoxide rings is 1. The molecule has 334 valence electrons. The van der Waals surface area contributed by atoms with Crippen LogP contribution in [-0.2, 0) is 55.9 Å². The maximum atomic E-state index is 13.8. The van der Waals surface area contributed by atoms with E-state index in [0.717, 1.165) is 11.1 Å². The predicted molar refractivity (Wildman–Crippen MR) is 229 cm³/mol. The summed E-state index contributed by atoms with van der Waals surface area (Å²) < 4.78 is 23.3. The summed E-state index contributed by atoms with van der Waals surface area (Å²) in [6.07, 6.45) is 0.617. The molecule has 0 unspecified atom stereocenters. The zero-order valence-electron chi connectivity index (χ0n) is 36.5. The van der Waals surface area contributed by atoms with Gasteiger partial charge in [0.1, 0.15) is 30.0 Å². The van der Waals surface area contributed by atoms with Gasteiger partial charge in [-0.3, -0.25) is 24.0 Å². The molecule has 61 heavy (non-hydrogen) atoms. The van der Waals surface area contributed by atoms with Crippen LogP contribution in [0.4, 0.5) is 0 Å². The second-order valence-electron chi connectivity index (χ2n) is 17.3. The Morgan fingerprint density at radius 1 is 0.967 bits per heavy atom. The number of carbonyl (C=O) groups excluding carboxylic acids is 6. The number of rotatable bonds is 14. The number of ether oxygens (including phenoxy) is 4. The molecule has 2 aromatic rings. The van der Waals surface area contributed by atoms with E-state index in [1.165, 1.54) is 13.2 Å². The van der Waals surface area contributed by atoms with Crippen molar-refractivity contribution in [3.63, 3.8) is 0 Å². The fourth-order valence-electron chi connectivity index (χ4n) is 6.67. The van der Waals surface area contributed by atoms with E-state index in [2.05, 4.69) is 21.3 Å². The third-order valence-electron chi connectivity index (χ3n) is 10.8.